The highest BCUT2D eigenvalue weighted by molar-refractivity contribution is 6.11. The van der Waals surface area contributed by atoms with Crippen LogP contribution in [-0.2, 0) is 4.79 Å². The van der Waals surface area contributed by atoms with Crippen LogP contribution in [0.5, 0.6) is 0 Å². The van der Waals surface area contributed by atoms with Gasteiger partial charge in [0.05, 0.1) is 16.9 Å². The van der Waals surface area contributed by atoms with Crippen LogP contribution in [0.3, 0.4) is 0 Å². The van der Waals surface area contributed by atoms with Gasteiger partial charge in [-0.15, -0.1) is 0 Å². The van der Waals surface area contributed by atoms with Crippen molar-refractivity contribution in [1.29, 1.82) is 0 Å². The number of hydrogen-bond acceptors (Lipinski definition) is 5. The van der Waals surface area contributed by atoms with E-state index in [9.17, 15) is 14.4 Å². The van der Waals surface area contributed by atoms with Gasteiger partial charge in [0.1, 0.15) is 11.7 Å². The summed E-state index contributed by atoms with van der Waals surface area (Å²) in [5.41, 5.74) is 2.95. The summed E-state index contributed by atoms with van der Waals surface area (Å²) >= 11 is 0. The molecule has 1 saturated heterocycles. The first-order valence-electron chi connectivity index (χ1n) is 9.63. The Bertz CT molecular complexity index is 1160. The zero-order chi connectivity index (χ0) is 20.7. The Morgan fingerprint density at radius 1 is 1.20 bits per heavy atom. The fourth-order valence-electron chi connectivity index (χ4n) is 3.86. The van der Waals surface area contributed by atoms with E-state index in [0.29, 0.717) is 35.6 Å². The van der Waals surface area contributed by atoms with Crippen LogP contribution in [-0.4, -0.2) is 50.4 Å². The average molecular weight is 402 g/mol. The molecule has 0 radical (unpaired) electrons. The van der Waals surface area contributed by atoms with Gasteiger partial charge in [0.15, 0.2) is 0 Å². The molecule has 3 amide bonds. The number of nitrogens with one attached hydrogen (secondary N) is 3. The molecule has 1 aromatic carbocycles. The molecule has 0 spiro atoms. The van der Waals surface area contributed by atoms with Gasteiger partial charge in [0.2, 0.25) is 5.91 Å². The molecule has 0 aliphatic carbocycles. The molecule has 3 N–H and O–H groups in total. The van der Waals surface area contributed by atoms with Crippen LogP contribution in [0.1, 0.15) is 33.7 Å². The number of benzene rings is 1. The van der Waals surface area contributed by atoms with Gasteiger partial charge in [-0.3, -0.25) is 24.5 Å². The van der Waals surface area contributed by atoms with Gasteiger partial charge in [-0.2, -0.15) is 5.10 Å². The monoisotopic (exact) mass is 402 g/mol. The SMILES string of the molecule is O=C(Nc1ccc2c(c1)C(=O)N1CCC[C@@H]1C(=O)N2)c1cc(-c2cccnc2)n[nH]1. The number of rotatable bonds is 3. The minimum Gasteiger partial charge on any atom is -0.327 e. The molecule has 2 aliphatic rings. The predicted molar refractivity (Wildman–Crippen MR) is 109 cm³/mol. The van der Waals surface area contributed by atoms with Crippen LogP contribution in [0.25, 0.3) is 11.3 Å². The summed E-state index contributed by atoms with van der Waals surface area (Å²) in [4.78, 5) is 43.6. The van der Waals surface area contributed by atoms with Gasteiger partial charge >= 0.3 is 0 Å². The molecule has 9 nitrogen and oxygen atoms in total. The van der Waals surface area contributed by atoms with Crippen LogP contribution in [0.15, 0.2) is 48.8 Å². The molecule has 4 heterocycles. The lowest BCUT2D eigenvalue weighted by Crippen LogP contribution is -2.40. The van der Waals surface area contributed by atoms with E-state index >= 15 is 0 Å². The van der Waals surface area contributed by atoms with Crippen LogP contribution < -0.4 is 10.6 Å². The van der Waals surface area contributed by atoms with E-state index < -0.39 is 6.04 Å². The molecule has 0 bridgehead atoms. The normalized spacial score (nSPS) is 17.7. The number of aromatic nitrogens is 3. The third-order valence-electron chi connectivity index (χ3n) is 5.36. The number of H-pyrrole nitrogens is 1. The summed E-state index contributed by atoms with van der Waals surface area (Å²) in [5, 5.41) is 12.5. The summed E-state index contributed by atoms with van der Waals surface area (Å²) in [6.07, 6.45) is 4.79. The van der Waals surface area contributed by atoms with Crippen molar-refractivity contribution in [1.82, 2.24) is 20.1 Å². The van der Waals surface area contributed by atoms with E-state index in [0.717, 1.165) is 12.0 Å². The van der Waals surface area contributed by atoms with Gasteiger partial charge in [-0.25, -0.2) is 0 Å². The van der Waals surface area contributed by atoms with Gasteiger partial charge in [-0.1, -0.05) is 0 Å². The maximum atomic E-state index is 12.9. The molecule has 150 valence electrons. The first kappa shape index (κ1) is 18.0. The Hall–Kier alpha value is -4.01. The highest BCUT2D eigenvalue weighted by Crippen LogP contribution is 2.30. The molecular formula is C21H18N6O3. The van der Waals surface area contributed by atoms with E-state index in [1.54, 1.807) is 47.6 Å². The zero-order valence-corrected chi connectivity index (χ0v) is 15.9. The fourth-order valence-corrected chi connectivity index (χ4v) is 3.86. The molecule has 2 aliphatic heterocycles. The molecule has 5 rings (SSSR count). The maximum Gasteiger partial charge on any atom is 0.273 e. The second kappa shape index (κ2) is 7.11. The molecule has 1 fully saturated rings. The van der Waals surface area contributed by atoms with Crippen molar-refractivity contribution in [2.45, 2.75) is 18.9 Å². The largest absolute Gasteiger partial charge is 0.327 e. The van der Waals surface area contributed by atoms with Crippen molar-refractivity contribution in [3.63, 3.8) is 0 Å². The molecule has 9 heteroatoms. The minimum atomic E-state index is -0.432. The summed E-state index contributed by atoms with van der Waals surface area (Å²) in [5.74, 6) is -0.763. The Labute approximate surface area is 171 Å². The molecule has 3 aromatic rings. The average Bonchev–Trinajstić information content (AvgIpc) is 3.43. The Morgan fingerprint density at radius 3 is 2.93 bits per heavy atom. The maximum absolute atomic E-state index is 12.9. The third-order valence-corrected chi connectivity index (χ3v) is 5.36. The topological polar surface area (TPSA) is 120 Å². The fraction of sp³-hybridized carbons (Fsp3) is 0.190. The van der Waals surface area contributed by atoms with Crippen LogP contribution in [0.4, 0.5) is 11.4 Å². The number of fused-ring (bicyclic) bond motifs is 2. The predicted octanol–water partition coefficient (Wildman–Crippen LogP) is 2.28. The van der Waals surface area contributed by atoms with Crippen molar-refractivity contribution >= 4 is 29.1 Å². The molecule has 1 atom stereocenters. The first-order valence-corrected chi connectivity index (χ1v) is 9.63. The number of carbonyl (C=O) groups excluding carboxylic acids is 3. The number of carbonyl (C=O) groups is 3. The third kappa shape index (κ3) is 3.10. The van der Waals surface area contributed by atoms with E-state index in [-0.39, 0.29) is 23.4 Å². The quantitative estimate of drug-likeness (QED) is 0.621. The highest BCUT2D eigenvalue weighted by Gasteiger charge is 2.38. The molecular weight excluding hydrogens is 384 g/mol. The number of pyridine rings is 1. The summed E-state index contributed by atoms with van der Waals surface area (Å²) in [6.45, 7) is 0.554. The summed E-state index contributed by atoms with van der Waals surface area (Å²) in [6, 6.07) is 9.73. The molecule has 2 aromatic heterocycles. The van der Waals surface area contributed by atoms with Crippen LogP contribution >= 0.6 is 0 Å². The lowest BCUT2D eigenvalue weighted by Gasteiger charge is -2.20. The zero-order valence-electron chi connectivity index (χ0n) is 15.9. The van der Waals surface area contributed by atoms with Gasteiger partial charge in [0.25, 0.3) is 11.8 Å². The van der Waals surface area contributed by atoms with E-state index in [1.165, 1.54) is 0 Å². The van der Waals surface area contributed by atoms with Crippen molar-refractivity contribution < 1.29 is 14.4 Å². The second-order valence-corrected chi connectivity index (χ2v) is 7.27. The Kier molecular flexibility index (Phi) is 4.27. The number of aromatic amines is 1. The van der Waals surface area contributed by atoms with E-state index in [4.69, 9.17) is 0 Å². The molecule has 30 heavy (non-hydrogen) atoms. The molecule has 0 unspecified atom stereocenters. The van der Waals surface area contributed by atoms with E-state index in [1.807, 2.05) is 6.07 Å². The van der Waals surface area contributed by atoms with Crippen molar-refractivity contribution in [3.8, 4) is 11.3 Å². The molecule has 0 saturated carbocycles. The van der Waals surface area contributed by atoms with E-state index in [2.05, 4.69) is 25.8 Å². The first-order chi connectivity index (χ1) is 14.6. The van der Waals surface area contributed by atoms with Gasteiger partial charge in [-0.05, 0) is 49.2 Å². The minimum absolute atomic E-state index is 0.170. The number of nitrogens with zero attached hydrogens (tertiary/aromatic N) is 3. The van der Waals surface area contributed by atoms with Gasteiger partial charge in [0, 0.05) is 30.2 Å². The standard InChI is InChI=1S/C21H18N6O3/c28-19(17-10-16(25-26-17)12-3-1-7-22-11-12)23-13-5-6-15-14(9-13)21(30)27-8-2-4-18(27)20(29)24-15/h1,3,5-7,9-11,18H,2,4,8H2,(H,23,28)(H,24,29)(H,25,26)/t18-/m1/s1. The van der Waals surface area contributed by atoms with Gasteiger partial charge < -0.3 is 15.5 Å². The Balaban J connectivity index is 1.38. The van der Waals surface area contributed by atoms with Crippen LogP contribution in [0, 0.1) is 0 Å². The number of amides is 3. The number of anilines is 2. The summed E-state index contributed by atoms with van der Waals surface area (Å²) < 4.78 is 0. The van der Waals surface area contributed by atoms with Crippen molar-refractivity contribution in [3.05, 3.63) is 60.0 Å². The summed E-state index contributed by atoms with van der Waals surface area (Å²) in [7, 11) is 0. The second-order valence-electron chi connectivity index (χ2n) is 7.27. The Morgan fingerprint density at radius 2 is 2.10 bits per heavy atom. The van der Waals surface area contributed by atoms with Crippen molar-refractivity contribution in [2.24, 2.45) is 0 Å². The lowest BCUT2D eigenvalue weighted by atomic mass is 10.1. The smallest absolute Gasteiger partial charge is 0.273 e. The lowest BCUT2D eigenvalue weighted by molar-refractivity contribution is -0.119. The highest BCUT2D eigenvalue weighted by atomic mass is 16.2. The van der Waals surface area contributed by atoms with Crippen molar-refractivity contribution in [2.75, 3.05) is 17.2 Å². The van der Waals surface area contributed by atoms with Crippen LogP contribution in [0.2, 0.25) is 0 Å². The number of hydrogen-bond donors (Lipinski definition) is 3.